The molecule has 0 amide bonds. The SMILES string of the molecule is O=C(O)c1cccc(S(=O)(=O)/C=C/c2ccccc2)c1. The summed E-state index contributed by atoms with van der Waals surface area (Å²) < 4.78 is 24.2. The minimum Gasteiger partial charge on any atom is -0.478 e. The summed E-state index contributed by atoms with van der Waals surface area (Å²) in [5.41, 5.74) is 0.699. The maximum absolute atomic E-state index is 12.1. The number of hydrogen-bond donors (Lipinski definition) is 1. The summed E-state index contributed by atoms with van der Waals surface area (Å²) in [5, 5.41) is 9.94. The maximum atomic E-state index is 12.1. The molecule has 0 aliphatic carbocycles. The first kappa shape index (κ1) is 14.0. The van der Waals surface area contributed by atoms with Crippen molar-refractivity contribution in [3.8, 4) is 0 Å². The molecule has 0 heterocycles. The lowest BCUT2D eigenvalue weighted by Crippen LogP contribution is -2.01. The first-order chi connectivity index (χ1) is 9.49. The van der Waals surface area contributed by atoms with Crippen LogP contribution in [0.25, 0.3) is 6.08 Å². The zero-order chi connectivity index (χ0) is 14.6. The molecular weight excluding hydrogens is 276 g/mol. The lowest BCUT2D eigenvalue weighted by molar-refractivity contribution is 0.0696. The van der Waals surface area contributed by atoms with Gasteiger partial charge in [0.15, 0.2) is 9.84 Å². The lowest BCUT2D eigenvalue weighted by Gasteiger charge is -2.01. The van der Waals surface area contributed by atoms with E-state index in [-0.39, 0.29) is 10.5 Å². The van der Waals surface area contributed by atoms with E-state index in [9.17, 15) is 13.2 Å². The second kappa shape index (κ2) is 5.71. The van der Waals surface area contributed by atoms with E-state index in [1.165, 1.54) is 24.3 Å². The first-order valence-corrected chi connectivity index (χ1v) is 7.35. The topological polar surface area (TPSA) is 71.4 Å². The number of benzene rings is 2. The van der Waals surface area contributed by atoms with Gasteiger partial charge in [-0.25, -0.2) is 13.2 Å². The number of sulfone groups is 1. The van der Waals surface area contributed by atoms with Gasteiger partial charge in [-0.2, -0.15) is 0 Å². The van der Waals surface area contributed by atoms with E-state index in [2.05, 4.69) is 0 Å². The van der Waals surface area contributed by atoms with E-state index in [1.807, 2.05) is 6.07 Å². The predicted molar refractivity (Wildman–Crippen MR) is 76.1 cm³/mol. The molecular formula is C15H12O4S. The van der Waals surface area contributed by atoms with Gasteiger partial charge in [0, 0.05) is 5.41 Å². The van der Waals surface area contributed by atoms with Crippen LogP contribution >= 0.6 is 0 Å². The number of aromatic carboxylic acids is 1. The maximum Gasteiger partial charge on any atom is 0.335 e. The van der Waals surface area contributed by atoms with Gasteiger partial charge in [-0.05, 0) is 29.8 Å². The summed E-state index contributed by atoms with van der Waals surface area (Å²) in [6, 6.07) is 14.3. The monoisotopic (exact) mass is 288 g/mol. The van der Waals surface area contributed by atoms with Crippen molar-refractivity contribution >= 4 is 21.9 Å². The van der Waals surface area contributed by atoms with Gasteiger partial charge in [0.05, 0.1) is 10.5 Å². The van der Waals surface area contributed by atoms with Crippen molar-refractivity contribution in [2.75, 3.05) is 0 Å². The van der Waals surface area contributed by atoms with Crippen LogP contribution in [0.15, 0.2) is 64.9 Å². The highest BCUT2D eigenvalue weighted by Gasteiger charge is 2.12. The third kappa shape index (κ3) is 3.33. The van der Waals surface area contributed by atoms with Crippen LogP contribution in [0.1, 0.15) is 15.9 Å². The van der Waals surface area contributed by atoms with Gasteiger partial charge in [-0.3, -0.25) is 0 Å². The molecule has 0 aliphatic heterocycles. The Balaban J connectivity index is 2.34. The van der Waals surface area contributed by atoms with E-state index in [0.717, 1.165) is 17.0 Å². The van der Waals surface area contributed by atoms with Crippen LogP contribution in [0.4, 0.5) is 0 Å². The molecule has 0 aromatic heterocycles. The Labute approximate surface area is 116 Å². The Bertz CT molecular complexity index is 746. The molecule has 5 heteroatoms. The van der Waals surface area contributed by atoms with Crippen LogP contribution < -0.4 is 0 Å². The molecule has 0 aliphatic rings. The van der Waals surface area contributed by atoms with Gasteiger partial charge in [-0.15, -0.1) is 0 Å². The lowest BCUT2D eigenvalue weighted by atomic mass is 10.2. The quantitative estimate of drug-likeness (QED) is 0.939. The molecule has 0 saturated carbocycles. The molecule has 2 aromatic carbocycles. The Kier molecular flexibility index (Phi) is 4.00. The number of carbonyl (C=O) groups is 1. The van der Waals surface area contributed by atoms with Gasteiger partial charge in [0.2, 0.25) is 0 Å². The van der Waals surface area contributed by atoms with Crippen molar-refractivity contribution in [1.82, 2.24) is 0 Å². The van der Waals surface area contributed by atoms with Crippen molar-refractivity contribution < 1.29 is 18.3 Å². The highest BCUT2D eigenvalue weighted by molar-refractivity contribution is 7.94. The fourth-order valence-corrected chi connectivity index (χ4v) is 2.67. The van der Waals surface area contributed by atoms with Crippen LogP contribution in [-0.2, 0) is 9.84 Å². The average Bonchev–Trinajstić information content (AvgIpc) is 2.46. The van der Waals surface area contributed by atoms with Crippen LogP contribution in [0.3, 0.4) is 0 Å². The second-order valence-electron chi connectivity index (χ2n) is 4.09. The molecule has 0 spiro atoms. The Morgan fingerprint density at radius 1 is 1.00 bits per heavy atom. The zero-order valence-electron chi connectivity index (χ0n) is 10.4. The number of carboxylic acids is 1. The Morgan fingerprint density at radius 3 is 2.35 bits per heavy atom. The molecule has 0 unspecified atom stereocenters. The number of hydrogen-bond acceptors (Lipinski definition) is 3. The van der Waals surface area contributed by atoms with Crippen LogP contribution in [0.2, 0.25) is 0 Å². The fourth-order valence-electron chi connectivity index (χ4n) is 1.62. The van der Waals surface area contributed by atoms with Gasteiger partial charge in [0.25, 0.3) is 0 Å². The highest BCUT2D eigenvalue weighted by Crippen LogP contribution is 2.16. The minimum absolute atomic E-state index is 0.0374. The number of carboxylic acid groups (broad SMARTS) is 1. The summed E-state index contributed by atoms with van der Waals surface area (Å²) in [7, 11) is -3.66. The summed E-state index contributed by atoms with van der Waals surface area (Å²) >= 11 is 0. The number of rotatable bonds is 4. The zero-order valence-corrected chi connectivity index (χ0v) is 11.2. The summed E-state index contributed by atoms with van der Waals surface area (Å²) in [6.07, 6.45) is 1.47. The third-order valence-electron chi connectivity index (χ3n) is 2.65. The second-order valence-corrected chi connectivity index (χ2v) is 5.93. The molecule has 102 valence electrons. The molecule has 0 atom stereocenters. The largest absolute Gasteiger partial charge is 0.478 e. The van der Waals surface area contributed by atoms with Gasteiger partial charge >= 0.3 is 5.97 Å². The van der Waals surface area contributed by atoms with Crippen LogP contribution in [0, 0.1) is 0 Å². The molecule has 0 fully saturated rings. The summed E-state index contributed by atoms with van der Waals surface area (Å²) in [5.74, 6) is -1.16. The Hall–Kier alpha value is -2.40. The van der Waals surface area contributed by atoms with Crippen molar-refractivity contribution in [2.24, 2.45) is 0 Å². The van der Waals surface area contributed by atoms with Crippen molar-refractivity contribution in [3.05, 3.63) is 71.1 Å². The molecule has 2 aromatic rings. The molecule has 0 radical (unpaired) electrons. The molecule has 0 bridgehead atoms. The Morgan fingerprint density at radius 2 is 1.70 bits per heavy atom. The van der Waals surface area contributed by atoms with E-state index in [1.54, 1.807) is 24.3 Å². The molecule has 4 nitrogen and oxygen atoms in total. The normalized spacial score (nSPS) is 11.6. The van der Waals surface area contributed by atoms with E-state index in [4.69, 9.17) is 5.11 Å². The third-order valence-corrected chi connectivity index (χ3v) is 4.05. The smallest absolute Gasteiger partial charge is 0.335 e. The van der Waals surface area contributed by atoms with E-state index in [0.29, 0.717) is 0 Å². The van der Waals surface area contributed by atoms with Crippen molar-refractivity contribution in [1.29, 1.82) is 0 Å². The average molecular weight is 288 g/mol. The summed E-state index contributed by atoms with van der Waals surface area (Å²) in [6.45, 7) is 0. The fraction of sp³-hybridized carbons (Fsp3) is 0. The first-order valence-electron chi connectivity index (χ1n) is 5.80. The van der Waals surface area contributed by atoms with Crippen LogP contribution in [0.5, 0.6) is 0 Å². The van der Waals surface area contributed by atoms with E-state index >= 15 is 0 Å². The van der Waals surface area contributed by atoms with Crippen molar-refractivity contribution in [2.45, 2.75) is 4.90 Å². The van der Waals surface area contributed by atoms with Crippen LogP contribution in [-0.4, -0.2) is 19.5 Å². The molecule has 20 heavy (non-hydrogen) atoms. The van der Waals surface area contributed by atoms with Gasteiger partial charge < -0.3 is 5.11 Å². The van der Waals surface area contributed by atoms with E-state index < -0.39 is 15.8 Å². The summed E-state index contributed by atoms with van der Waals surface area (Å²) in [4.78, 5) is 10.8. The predicted octanol–water partition coefficient (Wildman–Crippen LogP) is 2.83. The molecule has 0 saturated heterocycles. The van der Waals surface area contributed by atoms with Gasteiger partial charge in [-0.1, -0.05) is 36.4 Å². The molecule has 2 rings (SSSR count). The minimum atomic E-state index is -3.66. The van der Waals surface area contributed by atoms with Gasteiger partial charge in [0.1, 0.15) is 0 Å². The van der Waals surface area contributed by atoms with Crippen molar-refractivity contribution in [3.63, 3.8) is 0 Å². The standard InChI is InChI=1S/C15H12O4S/c16-15(17)13-7-4-8-14(11-13)20(18,19)10-9-12-5-2-1-3-6-12/h1-11H,(H,16,17)/b10-9+. The highest BCUT2D eigenvalue weighted by atomic mass is 32.2. The molecule has 1 N–H and O–H groups in total.